The van der Waals surface area contributed by atoms with Crippen LogP contribution in [-0.4, -0.2) is 60.7 Å². The summed E-state index contributed by atoms with van der Waals surface area (Å²) in [4.78, 5) is 46.5. The Hall–Kier alpha value is 0.763. The van der Waals surface area contributed by atoms with Crippen LogP contribution < -0.4 is 0 Å². The van der Waals surface area contributed by atoms with Crippen LogP contribution in [0.1, 0.15) is 128 Å². The van der Waals surface area contributed by atoms with Gasteiger partial charge in [-0.05, 0) is 0 Å². The van der Waals surface area contributed by atoms with Gasteiger partial charge in [-0.2, -0.15) is 0 Å². The standard InChI is InChI=1S/4C5H10.C4H6O2S.6CHO.4CH3.4Mo.2O.2H2S/c4*1-2-4-5-3-1;5-7(6)3-1-2-4-7;6*1-2;;;;;;;;;;;;/h4*1-5H2;1-2H,3-4H2;6*1H;4*1H3;;;;;;;2*1H2/q;;;;;10*-1;;;2*+4;;;;/p-2. The van der Waals surface area contributed by atoms with Crippen molar-refractivity contribution in [2.75, 3.05) is 11.5 Å². The fourth-order valence-corrected chi connectivity index (χ4v) is 5.03. The number of rotatable bonds is 0. The average Bonchev–Trinajstić information content (AvgIpc) is 3.97. The summed E-state index contributed by atoms with van der Waals surface area (Å²) in [6.07, 6.45) is 33.4. The normalized spacial score (nSPS) is 13.6. The van der Waals surface area contributed by atoms with Gasteiger partial charge in [0.05, 0.1) is 11.5 Å². The van der Waals surface area contributed by atoms with Gasteiger partial charge in [0.1, 0.15) is 0 Å². The number of sulfone groups is 1. The third-order valence-corrected chi connectivity index (χ3v) is 7.27. The van der Waals surface area contributed by atoms with Crippen LogP contribution in [0.4, 0.5) is 0 Å². The second-order valence-corrected chi connectivity index (χ2v) is 10.8. The molecule has 51 heavy (non-hydrogen) atoms. The van der Waals surface area contributed by atoms with E-state index in [1.165, 1.54) is 128 Å². The van der Waals surface area contributed by atoms with Gasteiger partial charge in [0.15, 0.2) is 9.84 Å². The third kappa shape index (κ3) is 136. The summed E-state index contributed by atoms with van der Waals surface area (Å²) in [5, 5.41) is 0. The molecule has 17 heteroatoms. The minimum atomic E-state index is -2.66. The van der Waals surface area contributed by atoms with Crippen molar-refractivity contribution in [1.29, 1.82) is 0 Å². The molecule has 0 aromatic rings. The molecule has 5 aliphatic rings. The van der Waals surface area contributed by atoms with Crippen molar-refractivity contribution in [2.45, 2.75) is 128 Å². The van der Waals surface area contributed by atoms with Gasteiger partial charge in [0, 0.05) is 0 Å². The van der Waals surface area contributed by atoms with E-state index < -0.39 is 9.84 Å². The minimum absolute atomic E-state index is 0. The fourth-order valence-electron chi connectivity index (χ4n) is 4.03. The van der Waals surface area contributed by atoms with Crippen molar-refractivity contribution in [3.05, 3.63) is 41.9 Å². The first-order valence-corrected chi connectivity index (χ1v) is 17.3. The number of hydrogen-bond acceptors (Lipinski definition) is 12. The van der Waals surface area contributed by atoms with E-state index in [-0.39, 0.29) is 110 Å². The summed E-state index contributed by atoms with van der Waals surface area (Å²) in [5.74, 6) is 0.486. The first-order chi connectivity index (χ1) is 21.2. The monoisotopic (exact) mass is 1120 g/mol. The number of hydrogen-bond donors (Lipinski definition) is 0. The Kier molecular flexibility index (Phi) is 272. The average molecular weight is 1110 g/mol. The van der Waals surface area contributed by atoms with Crippen LogP contribution in [0.2, 0.25) is 0 Å². The van der Waals surface area contributed by atoms with Gasteiger partial charge < -0.3 is 85.5 Å². The molecule has 0 atom stereocenters. The second kappa shape index (κ2) is 133. The van der Waals surface area contributed by atoms with E-state index in [1.807, 2.05) is 0 Å². The predicted molar refractivity (Wildman–Crippen MR) is 205 cm³/mol. The van der Waals surface area contributed by atoms with E-state index >= 15 is 0 Å². The van der Waals surface area contributed by atoms with Crippen LogP contribution in [0.25, 0.3) is 0 Å². The summed E-state index contributed by atoms with van der Waals surface area (Å²) in [7, 11) is -2.66. The molecule has 10 nitrogen and oxygen atoms in total. The quantitative estimate of drug-likeness (QED) is 0.0601. The Morgan fingerprint density at radius 2 is 0.392 bits per heavy atom. The maximum atomic E-state index is 10.4. The van der Waals surface area contributed by atoms with Crippen molar-refractivity contribution in [3.8, 4) is 0 Å². The van der Waals surface area contributed by atoms with Crippen LogP contribution in [0.5, 0.6) is 0 Å². The van der Waals surface area contributed by atoms with Gasteiger partial charge in [0.2, 0.25) is 0 Å². The van der Waals surface area contributed by atoms with Crippen LogP contribution in [0.3, 0.4) is 0 Å². The molecule has 1 heterocycles. The molecule has 308 valence electrons. The molecule has 0 aromatic carbocycles. The SMILES string of the molecule is C1CCCC1.C1CCCC1.C1CCCC1.C1CCCC1.O=S1(=O)CC=CC1.[CH-]=O.[CH-]=O.[CH-]=O.[CH-]=O.[CH-]=O.[CH-]=O.[CH3-].[CH3-].[CH3-].[CH3-].[Mo+4].[Mo+4].[O]=[Mo].[O]=[Mo].[SH-].[SH-]. The smallest absolute Gasteiger partial charge is 0.813 e. The van der Waals surface area contributed by atoms with Crippen LogP contribution in [-0.2, 0) is 154 Å². The van der Waals surface area contributed by atoms with Gasteiger partial charge in [0.25, 0.3) is 0 Å². The van der Waals surface area contributed by atoms with E-state index in [0.717, 1.165) is 0 Å². The zero-order valence-electron chi connectivity index (χ0n) is 31.2. The zero-order chi connectivity index (χ0) is 35.5. The van der Waals surface area contributed by atoms with Crippen molar-refractivity contribution in [1.82, 2.24) is 0 Å². The Balaban J connectivity index is -0.0000000189. The molecule has 0 N–H and O–H groups in total. The molecule has 4 saturated carbocycles. The third-order valence-electron chi connectivity index (χ3n) is 5.87. The summed E-state index contributed by atoms with van der Waals surface area (Å²) < 4.78 is 37.3. The molecule has 4 fully saturated rings. The molecule has 0 aromatic heterocycles. The van der Waals surface area contributed by atoms with E-state index in [4.69, 9.17) is 35.6 Å². The second-order valence-electron chi connectivity index (χ2n) is 8.62. The van der Waals surface area contributed by atoms with Gasteiger partial charge in [-0.25, -0.2) is 8.42 Å². The maximum Gasteiger partial charge on any atom is -0.813 e. The summed E-state index contributed by atoms with van der Waals surface area (Å²) in [6.45, 7) is 19.5. The molecule has 0 radical (unpaired) electrons. The Morgan fingerprint density at radius 1 is 0.314 bits per heavy atom. The van der Waals surface area contributed by atoms with Crippen LogP contribution in [0, 0.1) is 29.7 Å². The Morgan fingerprint density at radius 3 is 0.431 bits per heavy atom. The first-order valence-electron chi connectivity index (χ1n) is 13.8. The van der Waals surface area contributed by atoms with E-state index in [1.54, 1.807) is 12.2 Å². The predicted octanol–water partition coefficient (Wildman–Crippen LogP) is 7.14. The van der Waals surface area contributed by atoms with Crippen molar-refractivity contribution in [3.63, 3.8) is 0 Å². The zero-order valence-corrected chi connectivity index (χ0v) is 41.8. The molecule has 4 aliphatic carbocycles. The fraction of sp³-hybridized carbons (Fsp3) is 0.647. The topological polar surface area (TPSA) is 171 Å². The van der Waals surface area contributed by atoms with Gasteiger partial charge in [-0.1, -0.05) is 141 Å². The minimum Gasteiger partial charge on any atom is -0.813 e. The largest absolute Gasteiger partial charge is 0.813 e. The molecule has 0 saturated heterocycles. The number of carbonyl (C=O) groups excluding carboxylic acids is 6. The Labute approximate surface area is 381 Å². The van der Waals surface area contributed by atoms with Crippen molar-refractivity contribution in [2.24, 2.45) is 0 Å². The van der Waals surface area contributed by atoms with Crippen LogP contribution in [0.15, 0.2) is 12.2 Å². The molecule has 0 spiro atoms. The first kappa shape index (κ1) is 104. The Bertz CT molecular complexity index is 480. The molecule has 0 unspecified atom stereocenters. The van der Waals surface area contributed by atoms with Gasteiger partial charge in [-0.15, -0.1) is 0 Å². The van der Waals surface area contributed by atoms with Crippen LogP contribution >= 0.6 is 0 Å². The van der Waals surface area contributed by atoms with E-state index in [9.17, 15) is 8.42 Å². The van der Waals surface area contributed by atoms with Gasteiger partial charge in [-0.3, -0.25) is 40.7 Å². The van der Waals surface area contributed by atoms with Crippen molar-refractivity contribution >= 4 is 77.6 Å². The summed E-state index contributed by atoms with van der Waals surface area (Å²) in [5.41, 5.74) is 0. The van der Waals surface area contributed by atoms with Crippen molar-refractivity contribution < 1.29 is 126 Å². The molecular weight excluding hydrogens is 1050 g/mol. The molecule has 1 aliphatic heterocycles. The summed E-state index contributed by atoms with van der Waals surface area (Å²) in [6, 6.07) is 0. The van der Waals surface area contributed by atoms with Gasteiger partial charge >= 0.3 is 88.5 Å². The van der Waals surface area contributed by atoms with E-state index in [0.29, 0.717) is 39.6 Å². The molecule has 0 bridgehead atoms. The molecule has 0 amide bonds. The summed E-state index contributed by atoms with van der Waals surface area (Å²) >= 11 is 1.40. The molecular formula is C34H66Mo4O10S3-4. The maximum absolute atomic E-state index is 10.4. The number of thiol groups is 2. The van der Waals surface area contributed by atoms with E-state index in [2.05, 4.69) is 40.7 Å². The molecule has 5 rings (SSSR count).